The molecule has 0 bridgehead atoms. The third kappa shape index (κ3) is 3.63. The predicted octanol–water partition coefficient (Wildman–Crippen LogP) is 1.81. The molecule has 0 radical (unpaired) electrons. The standard InChI is InChI=1S/C13H20N2OS/c1-14-6-5-11(8-14)9-15(2)10-12(16)13-4-3-7-17-13/h3-4,7,11H,5-6,8-10H2,1-2H3. The first-order chi connectivity index (χ1) is 8.15. The molecule has 2 heterocycles. The first-order valence-corrected chi connectivity index (χ1v) is 6.97. The monoisotopic (exact) mass is 252 g/mol. The van der Waals surface area contributed by atoms with E-state index in [-0.39, 0.29) is 5.78 Å². The second-order valence-corrected chi connectivity index (χ2v) is 5.96. The number of carbonyl (C=O) groups is 1. The van der Waals surface area contributed by atoms with Crippen molar-refractivity contribution in [1.29, 1.82) is 0 Å². The Kier molecular flexibility index (Phi) is 4.31. The summed E-state index contributed by atoms with van der Waals surface area (Å²) in [6.45, 7) is 3.93. The Balaban J connectivity index is 1.77. The van der Waals surface area contributed by atoms with Gasteiger partial charge in [0.15, 0.2) is 5.78 Å². The van der Waals surface area contributed by atoms with Gasteiger partial charge in [0.25, 0.3) is 0 Å². The van der Waals surface area contributed by atoms with E-state index in [2.05, 4.69) is 16.8 Å². The van der Waals surface area contributed by atoms with Crippen molar-refractivity contribution in [1.82, 2.24) is 9.80 Å². The van der Waals surface area contributed by atoms with Crippen molar-refractivity contribution in [3.05, 3.63) is 22.4 Å². The molecule has 1 aromatic heterocycles. The Morgan fingerprint density at radius 3 is 3.06 bits per heavy atom. The maximum atomic E-state index is 11.9. The summed E-state index contributed by atoms with van der Waals surface area (Å²) in [5, 5.41) is 1.96. The second-order valence-electron chi connectivity index (χ2n) is 5.01. The number of likely N-dealkylation sites (tertiary alicyclic amines) is 1. The second kappa shape index (κ2) is 5.76. The van der Waals surface area contributed by atoms with Crippen molar-refractivity contribution in [3.63, 3.8) is 0 Å². The van der Waals surface area contributed by atoms with Gasteiger partial charge in [-0.25, -0.2) is 0 Å². The van der Waals surface area contributed by atoms with Crippen LogP contribution in [0.3, 0.4) is 0 Å². The van der Waals surface area contributed by atoms with Gasteiger partial charge in [0.1, 0.15) is 0 Å². The van der Waals surface area contributed by atoms with E-state index < -0.39 is 0 Å². The molecule has 0 aromatic carbocycles. The largest absolute Gasteiger partial charge is 0.306 e. The lowest BCUT2D eigenvalue weighted by atomic mass is 10.1. The molecule has 1 saturated heterocycles. The number of Topliss-reactive ketones (excluding diaryl/α,β-unsaturated/α-hetero) is 1. The zero-order valence-corrected chi connectivity index (χ0v) is 11.4. The van der Waals surface area contributed by atoms with Gasteiger partial charge in [0, 0.05) is 13.1 Å². The van der Waals surface area contributed by atoms with Crippen LogP contribution in [0, 0.1) is 5.92 Å². The number of likely N-dealkylation sites (N-methyl/N-ethyl adjacent to an activating group) is 1. The van der Waals surface area contributed by atoms with E-state index in [0.29, 0.717) is 6.54 Å². The smallest absolute Gasteiger partial charge is 0.186 e. The Labute approximate surface area is 107 Å². The van der Waals surface area contributed by atoms with Crippen LogP contribution in [0.4, 0.5) is 0 Å². The SMILES string of the molecule is CN1CCC(CN(C)CC(=O)c2cccs2)C1. The molecule has 0 amide bonds. The highest BCUT2D eigenvalue weighted by atomic mass is 32.1. The lowest BCUT2D eigenvalue weighted by Crippen LogP contribution is -2.31. The molecular weight excluding hydrogens is 232 g/mol. The minimum atomic E-state index is 0.244. The number of thiophene rings is 1. The molecule has 4 heteroatoms. The number of ketones is 1. The number of carbonyl (C=O) groups excluding carboxylic acids is 1. The highest BCUT2D eigenvalue weighted by Crippen LogP contribution is 2.16. The third-order valence-corrected chi connectivity index (χ3v) is 4.18. The first-order valence-electron chi connectivity index (χ1n) is 6.09. The number of nitrogens with zero attached hydrogens (tertiary/aromatic N) is 2. The van der Waals surface area contributed by atoms with E-state index in [1.165, 1.54) is 24.3 Å². The van der Waals surface area contributed by atoms with Crippen LogP contribution < -0.4 is 0 Å². The zero-order chi connectivity index (χ0) is 12.3. The quantitative estimate of drug-likeness (QED) is 0.747. The van der Waals surface area contributed by atoms with Crippen LogP contribution in [0.25, 0.3) is 0 Å². The van der Waals surface area contributed by atoms with Crippen molar-refractivity contribution in [3.8, 4) is 0 Å². The topological polar surface area (TPSA) is 23.6 Å². The van der Waals surface area contributed by atoms with E-state index in [1.54, 1.807) is 0 Å². The Hall–Kier alpha value is -0.710. The van der Waals surface area contributed by atoms with Crippen LogP contribution in [-0.2, 0) is 0 Å². The molecule has 3 nitrogen and oxygen atoms in total. The van der Waals surface area contributed by atoms with Gasteiger partial charge >= 0.3 is 0 Å². The Morgan fingerprint density at radius 2 is 2.47 bits per heavy atom. The lowest BCUT2D eigenvalue weighted by Gasteiger charge is -2.19. The van der Waals surface area contributed by atoms with Crippen LogP contribution in [0.15, 0.2) is 17.5 Å². The minimum Gasteiger partial charge on any atom is -0.306 e. The number of rotatable bonds is 5. The van der Waals surface area contributed by atoms with Crippen LogP contribution in [-0.4, -0.2) is 55.9 Å². The summed E-state index contributed by atoms with van der Waals surface area (Å²) in [5.41, 5.74) is 0. The molecule has 94 valence electrons. The van der Waals surface area contributed by atoms with E-state index in [4.69, 9.17) is 0 Å². The van der Waals surface area contributed by atoms with Crippen molar-refractivity contribution < 1.29 is 4.79 Å². The molecule has 0 spiro atoms. The summed E-state index contributed by atoms with van der Waals surface area (Å²) >= 11 is 1.53. The van der Waals surface area contributed by atoms with Gasteiger partial charge in [-0.3, -0.25) is 9.69 Å². The fraction of sp³-hybridized carbons (Fsp3) is 0.615. The van der Waals surface area contributed by atoms with Gasteiger partial charge in [0.2, 0.25) is 0 Å². The molecule has 0 aliphatic carbocycles. The summed E-state index contributed by atoms with van der Waals surface area (Å²) in [7, 11) is 4.21. The molecule has 2 rings (SSSR count). The fourth-order valence-corrected chi connectivity index (χ4v) is 3.10. The number of hydrogen-bond acceptors (Lipinski definition) is 4. The fourth-order valence-electron chi connectivity index (χ4n) is 2.44. The van der Waals surface area contributed by atoms with Gasteiger partial charge in [-0.2, -0.15) is 0 Å². The molecule has 1 aliphatic rings. The number of hydrogen-bond donors (Lipinski definition) is 0. The summed E-state index contributed by atoms with van der Waals surface area (Å²) < 4.78 is 0. The molecule has 1 aromatic rings. The average molecular weight is 252 g/mol. The van der Waals surface area contributed by atoms with Gasteiger partial charge in [-0.15, -0.1) is 11.3 Å². The van der Waals surface area contributed by atoms with Crippen molar-refractivity contribution in [2.75, 3.05) is 40.3 Å². The molecule has 0 N–H and O–H groups in total. The van der Waals surface area contributed by atoms with Gasteiger partial charge in [0.05, 0.1) is 11.4 Å². The first kappa shape index (κ1) is 12.7. The third-order valence-electron chi connectivity index (χ3n) is 3.27. The highest BCUT2D eigenvalue weighted by molar-refractivity contribution is 7.12. The van der Waals surface area contributed by atoms with Crippen molar-refractivity contribution in [2.45, 2.75) is 6.42 Å². The molecule has 1 aliphatic heterocycles. The van der Waals surface area contributed by atoms with E-state index in [0.717, 1.165) is 23.9 Å². The summed E-state index contributed by atoms with van der Waals surface area (Å²) in [6, 6.07) is 3.84. The maximum Gasteiger partial charge on any atom is 0.186 e. The van der Waals surface area contributed by atoms with Gasteiger partial charge < -0.3 is 4.90 Å². The van der Waals surface area contributed by atoms with Crippen LogP contribution >= 0.6 is 11.3 Å². The Morgan fingerprint density at radius 1 is 1.65 bits per heavy atom. The van der Waals surface area contributed by atoms with Crippen molar-refractivity contribution in [2.24, 2.45) is 5.92 Å². The van der Waals surface area contributed by atoms with Gasteiger partial charge in [-0.1, -0.05) is 6.07 Å². The maximum absolute atomic E-state index is 11.9. The van der Waals surface area contributed by atoms with E-state index in [9.17, 15) is 4.79 Å². The summed E-state index contributed by atoms with van der Waals surface area (Å²) in [6.07, 6.45) is 1.26. The zero-order valence-electron chi connectivity index (χ0n) is 10.6. The predicted molar refractivity (Wildman–Crippen MR) is 71.8 cm³/mol. The van der Waals surface area contributed by atoms with Crippen LogP contribution in [0.5, 0.6) is 0 Å². The molecule has 17 heavy (non-hydrogen) atoms. The lowest BCUT2D eigenvalue weighted by molar-refractivity contribution is 0.0942. The molecule has 1 fully saturated rings. The van der Waals surface area contributed by atoms with Crippen molar-refractivity contribution >= 4 is 17.1 Å². The molecular formula is C13H20N2OS. The normalized spacial score (nSPS) is 21.2. The molecule has 0 saturated carbocycles. The highest BCUT2D eigenvalue weighted by Gasteiger charge is 2.21. The summed E-state index contributed by atoms with van der Waals surface area (Å²) in [5.74, 6) is 0.968. The molecule has 1 unspecified atom stereocenters. The minimum absolute atomic E-state index is 0.244. The van der Waals surface area contributed by atoms with Crippen LogP contribution in [0.1, 0.15) is 16.1 Å². The average Bonchev–Trinajstić information content (AvgIpc) is 2.89. The molecule has 1 atom stereocenters. The Bertz CT molecular complexity index is 364. The van der Waals surface area contributed by atoms with E-state index >= 15 is 0 Å². The van der Waals surface area contributed by atoms with Gasteiger partial charge in [-0.05, 0) is 44.4 Å². The van der Waals surface area contributed by atoms with Crippen LogP contribution in [0.2, 0.25) is 0 Å². The van der Waals surface area contributed by atoms with E-state index in [1.807, 2.05) is 24.6 Å². The summed E-state index contributed by atoms with van der Waals surface area (Å²) in [4.78, 5) is 17.3.